The van der Waals surface area contributed by atoms with Gasteiger partial charge in [0.05, 0.1) is 23.3 Å². The predicted octanol–water partition coefficient (Wildman–Crippen LogP) is 7.06. The van der Waals surface area contributed by atoms with Gasteiger partial charge < -0.3 is 24.4 Å². The van der Waals surface area contributed by atoms with Crippen molar-refractivity contribution in [2.24, 2.45) is 64.1 Å². The number of ether oxygens (including phenoxy) is 2. The molecule has 5 saturated carbocycles. The normalized spacial score (nSPS) is 40.7. The third-order valence-corrected chi connectivity index (χ3v) is 15.5. The van der Waals surface area contributed by atoms with Gasteiger partial charge in [0.25, 0.3) is 0 Å². The van der Waals surface area contributed by atoms with Crippen molar-refractivity contribution in [1.82, 2.24) is 10.6 Å². The van der Waals surface area contributed by atoms with Crippen LogP contribution >= 0.6 is 0 Å². The maximum Gasteiger partial charge on any atom is 0.326 e. The summed E-state index contributed by atoms with van der Waals surface area (Å²) in [4.78, 5) is 13.2. The summed E-state index contributed by atoms with van der Waals surface area (Å²) < 4.78 is 23.3. The Hall–Kier alpha value is -2.08. The maximum atomic E-state index is 12.7. The van der Waals surface area contributed by atoms with Crippen LogP contribution in [0.5, 0.6) is 11.5 Å². The van der Waals surface area contributed by atoms with Crippen molar-refractivity contribution in [3.63, 3.8) is 0 Å². The summed E-state index contributed by atoms with van der Waals surface area (Å²) in [7, 11) is 0. The Kier molecular flexibility index (Phi) is 9.00. The molecule has 0 bridgehead atoms. The van der Waals surface area contributed by atoms with E-state index in [0.717, 1.165) is 24.7 Å². The van der Waals surface area contributed by atoms with Gasteiger partial charge in [0.15, 0.2) is 21.6 Å². The van der Waals surface area contributed by atoms with Gasteiger partial charge in [-0.1, -0.05) is 53.4 Å². The molecule has 12 atom stereocenters. The molecule has 0 saturated heterocycles. The summed E-state index contributed by atoms with van der Waals surface area (Å²) in [5, 5.41) is 20.4. The minimum Gasteiger partial charge on any atom is -0.598 e. The van der Waals surface area contributed by atoms with Crippen molar-refractivity contribution < 1.29 is 23.9 Å². The van der Waals surface area contributed by atoms with E-state index in [1.807, 2.05) is 0 Å². The average Bonchev–Trinajstić information content (AvgIpc) is 3.63. The Morgan fingerprint density at radius 3 is 2.57 bits per heavy atom. The zero-order valence-electron chi connectivity index (χ0n) is 28.2. The van der Waals surface area contributed by atoms with Crippen LogP contribution in [0.4, 0.5) is 4.79 Å². The lowest BCUT2D eigenvalue weighted by molar-refractivity contribution is -0.202. The number of aliphatic hydroxyl groups is 1. The van der Waals surface area contributed by atoms with E-state index in [4.69, 9.17) is 9.47 Å². The Balaban J connectivity index is 0.965. The van der Waals surface area contributed by atoms with Crippen LogP contribution in [-0.4, -0.2) is 35.1 Å². The highest BCUT2D eigenvalue weighted by Gasteiger charge is 2.65. The van der Waals surface area contributed by atoms with Gasteiger partial charge in [-0.2, -0.15) is 0 Å². The zero-order chi connectivity index (χ0) is 32.2. The largest absolute Gasteiger partial charge is 0.598 e. The van der Waals surface area contributed by atoms with Crippen LogP contribution in [-0.2, 0) is 11.2 Å². The minimum atomic E-state index is -1.59. The van der Waals surface area contributed by atoms with E-state index >= 15 is 0 Å². The predicted molar refractivity (Wildman–Crippen MR) is 179 cm³/mol. The summed E-state index contributed by atoms with van der Waals surface area (Å²) >= 11 is -1.59. The highest BCUT2D eigenvalue weighted by Crippen LogP contribution is 2.70. The van der Waals surface area contributed by atoms with Gasteiger partial charge in [0.1, 0.15) is 0 Å². The van der Waals surface area contributed by atoms with E-state index in [0.29, 0.717) is 69.8 Å². The molecular formula is C38H54N2O5S. The molecule has 252 valence electrons. The summed E-state index contributed by atoms with van der Waals surface area (Å²) in [6, 6.07) is 7.27. The third-order valence-electron chi connectivity index (χ3n) is 14.5. The molecule has 0 aromatic heterocycles. The lowest BCUT2D eigenvalue weighted by atomic mass is 9.40. The molecule has 2 amide bonds. The van der Waals surface area contributed by atoms with Crippen LogP contribution in [0.1, 0.15) is 98.3 Å². The van der Waals surface area contributed by atoms with Crippen LogP contribution in [0.15, 0.2) is 23.1 Å². The topological polar surface area (TPSA) is 103 Å². The Morgan fingerprint density at radius 2 is 1.80 bits per heavy atom. The van der Waals surface area contributed by atoms with Crippen LogP contribution < -0.4 is 20.1 Å². The number of hydrogen-bond donors (Lipinski definition) is 3. The van der Waals surface area contributed by atoms with Gasteiger partial charge >= 0.3 is 6.03 Å². The number of aliphatic hydroxyl groups excluding tert-OH is 1. The first-order valence-corrected chi connectivity index (χ1v) is 19.3. The van der Waals surface area contributed by atoms with E-state index in [1.165, 1.54) is 57.8 Å². The Labute approximate surface area is 278 Å². The fraction of sp³-hybridized carbons (Fsp3) is 0.763. The summed E-state index contributed by atoms with van der Waals surface area (Å²) in [5.41, 5.74) is 0.550. The molecule has 7 rings (SSSR count). The molecule has 0 radical (unpaired) electrons. The number of carbonyl (C=O) groups excluding carboxylic acids is 1. The molecule has 1 heterocycles. The van der Waals surface area contributed by atoms with Gasteiger partial charge in [-0.05, 0) is 121 Å². The number of hydrogen-bond acceptors (Lipinski definition) is 5. The molecular weight excluding hydrogens is 596 g/mol. The van der Waals surface area contributed by atoms with E-state index in [2.05, 4.69) is 49.6 Å². The minimum absolute atomic E-state index is 0.154. The van der Waals surface area contributed by atoms with Crippen molar-refractivity contribution >= 4 is 17.2 Å². The second-order valence-corrected chi connectivity index (χ2v) is 17.5. The Morgan fingerprint density at radius 1 is 1.04 bits per heavy atom. The van der Waals surface area contributed by atoms with E-state index in [9.17, 15) is 14.5 Å². The van der Waals surface area contributed by atoms with E-state index < -0.39 is 11.2 Å². The lowest BCUT2D eigenvalue weighted by Gasteiger charge is -2.65. The van der Waals surface area contributed by atoms with Crippen molar-refractivity contribution in [2.75, 3.05) is 13.3 Å². The molecule has 46 heavy (non-hydrogen) atoms. The number of amides is 2. The number of fused-ring (bicyclic) bond motifs is 6. The fourth-order valence-electron chi connectivity index (χ4n) is 11.9. The smallest absolute Gasteiger partial charge is 0.326 e. The number of urea groups is 1. The molecule has 0 spiro atoms. The van der Waals surface area contributed by atoms with Gasteiger partial charge in [0.2, 0.25) is 6.79 Å². The number of carbonyl (C=O) groups is 1. The van der Waals surface area contributed by atoms with Crippen LogP contribution in [0.25, 0.3) is 0 Å². The molecule has 3 N–H and O–H groups in total. The number of rotatable bonds is 6. The molecule has 1 aromatic rings. The molecule has 1 aromatic carbocycles. The summed E-state index contributed by atoms with van der Waals surface area (Å²) in [6.07, 6.45) is 14.1. The third kappa shape index (κ3) is 5.50. The van der Waals surface area contributed by atoms with Crippen molar-refractivity contribution in [2.45, 2.75) is 109 Å². The molecule has 5 aliphatic carbocycles. The SMILES string of the molecule is CC[C@H]1[C@@H](O)[C@@H]2[C@H](CC[C@]3(C)[C@@H]([C@H](C)CNC(=O)NC#C[S+]([O-])c4ccc5c(c4)OCO5)CC[C@@H]23)[C@@]2(C)CC[C@@H](C3CCC3)C[C@@H]12. The van der Waals surface area contributed by atoms with Crippen molar-refractivity contribution in [1.29, 1.82) is 0 Å². The van der Waals surface area contributed by atoms with Gasteiger partial charge in [-0.25, -0.2) is 4.79 Å². The second-order valence-electron chi connectivity index (χ2n) is 16.2. The number of benzene rings is 1. The molecule has 5 fully saturated rings. The van der Waals surface area contributed by atoms with E-state index in [1.54, 1.807) is 18.2 Å². The maximum absolute atomic E-state index is 12.7. The Bertz CT molecular complexity index is 1360. The first kappa shape index (κ1) is 32.5. The van der Waals surface area contributed by atoms with Crippen LogP contribution in [0.3, 0.4) is 0 Å². The average molecular weight is 651 g/mol. The summed E-state index contributed by atoms with van der Waals surface area (Å²) in [5.74, 6) is 6.54. The first-order chi connectivity index (χ1) is 22.1. The van der Waals surface area contributed by atoms with E-state index in [-0.39, 0.29) is 24.3 Å². The van der Waals surface area contributed by atoms with Crippen LogP contribution in [0.2, 0.25) is 0 Å². The molecule has 1 unspecified atom stereocenters. The van der Waals surface area contributed by atoms with Crippen molar-refractivity contribution in [3.05, 3.63) is 18.2 Å². The van der Waals surface area contributed by atoms with Gasteiger partial charge in [0, 0.05) is 12.6 Å². The highest BCUT2D eigenvalue weighted by molar-refractivity contribution is 7.96. The summed E-state index contributed by atoms with van der Waals surface area (Å²) in [6.45, 7) is 10.5. The zero-order valence-corrected chi connectivity index (χ0v) is 29.0. The lowest BCUT2D eigenvalue weighted by Crippen LogP contribution is -2.62. The first-order valence-electron chi connectivity index (χ1n) is 18.2. The fourth-order valence-corrected chi connectivity index (χ4v) is 12.6. The molecule has 6 aliphatic rings. The molecule has 1 aliphatic heterocycles. The quantitative estimate of drug-likeness (QED) is 0.174. The highest BCUT2D eigenvalue weighted by atomic mass is 32.2. The standard InChI is InChI=1S/C38H54N2O5S/c1-5-27-31-19-25(24-7-6-8-24)13-15-38(31,4)30-14-16-37(3)28(10-11-29(37)34(30)35(27)41)23(2)21-40-36(42)39-17-18-46(43)26-9-12-32-33(20-26)45-22-44-32/h9,12,20,23-25,27-31,34-35,41H,5-8,10-11,13-16,19,21-22H2,1-4H3,(H2,39,40,42)/t23-,25-,27-,28-,29+,30+,31+,34+,35-,37-,38-,46?/m1/s1. The second kappa shape index (κ2) is 12.7. The monoisotopic (exact) mass is 650 g/mol. The van der Waals surface area contributed by atoms with Crippen molar-refractivity contribution in [3.8, 4) is 22.8 Å². The van der Waals surface area contributed by atoms with Crippen LogP contribution in [0, 0.1) is 75.4 Å². The van der Waals surface area contributed by atoms with Gasteiger partial charge in [-0.15, -0.1) is 0 Å². The van der Waals surface area contributed by atoms with Gasteiger partial charge in [-0.3, -0.25) is 5.32 Å². The number of nitrogens with one attached hydrogen (secondary N) is 2. The molecule has 8 heteroatoms. The molecule has 7 nitrogen and oxygen atoms in total.